The van der Waals surface area contributed by atoms with Crippen molar-refractivity contribution in [2.45, 2.75) is 149 Å². The molecule has 3 aliphatic carbocycles. The van der Waals surface area contributed by atoms with Gasteiger partial charge in [0.05, 0.1) is 18.1 Å². The molecule has 2 aromatic rings. The van der Waals surface area contributed by atoms with Crippen LogP contribution in [0.4, 0.5) is 4.79 Å². The number of fused-ring (bicyclic) bond motifs is 5. The number of amides is 1. The van der Waals surface area contributed by atoms with Crippen LogP contribution in [0.15, 0.2) is 71.8 Å². The average Bonchev–Trinajstić information content (AvgIpc) is 3.47. The highest BCUT2D eigenvalue weighted by Crippen LogP contribution is 2.66. The summed E-state index contributed by atoms with van der Waals surface area (Å²) in [6.07, 6.45) is -5.19. The van der Waals surface area contributed by atoms with E-state index in [0.717, 1.165) is 0 Å². The molecule has 330 valence electrons. The molecule has 61 heavy (non-hydrogen) atoms. The predicted molar refractivity (Wildman–Crippen MR) is 222 cm³/mol. The van der Waals surface area contributed by atoms with Gasteiger partial charge in [0.15, 0.2) is 11.7 Å². The van der Waals surface area contributed by atoms with Gasteiger partial charge in [0.2, 0.25) is 0 Å². The van der Waals surface area contributed by atoms with Crippen molar-refractivity contribution < 1.29 is 57.5 Å². The summed E-state index contributed by atoms with van der Waals surface area (Å²) in [6, 6.07) is 16.4. The summed E-state index contributed by atoms with van der Waals surface area (Å²) in [5, 5.41) is 13.8. The van der Waals surface area contributed by atoms with Gasteiger partial charge in [-0.15, -0.1) is 0 Å². The Morgan fingerprint density at radius 1 is 0.902 bits per heavy atom. The minimum absolute atomic E-state index is 0.0776. The number of nitrogens with zero attached hydrogens (tertiary/aromatic N) is 1. The number of benzene rings is 2. The van der Waals surface area contributed by atoms with Crippen molar-refractivity contribution in [3.05, 3.63) is 82.9 Å². The van der Waals surface area contributed by atoms with Gasteiger partial charge < -0.3 is 33.5 Å². The van der Waals surface area contributed by atoms with Gasteiger partial charge in [-0.1, -0.05) is 83.1 Å². The molecule has 2 heterocycles. The van der Waals surface area contributed by atoms with E-state index in [1.165, 1.54) is 11.8 Å². The monoisotopic (exact) mass is 843 g/mol. The van der Waals surface area contributed by atoms with Gasteiger partial charge in [0.1, 0.15) is 47.1 Å². The number of carbonyl (C=O) groups excluding carboxylic acids is 5. The van der Waals surface area contributed by atoms with Crippen molar-refractivity contribution in [2.24, 2.45) is 28.6 Å². The zero-order valence-corrected chi connectivity index (χ0v) is 37.4. The van der Waals surface area contributed by atoms with Crippen molar-refractivity contribution in [3.8, 4) is 0 Å². The molecule has 0 radical (unpaired) electrons. The number of carbonyl (C=O) groups is 5. The molecule has 1 N–H and O–H groups in total. The van der Waals surface area contributed by atoms with Crippen LogP contribution >= 0.6 is 0 Å². The van der Waals surface area contributed by atoms with E-state index >= 15 is 4.79 Å². The molecule has 13 heteroatoms. The molecule has 11 atom stereocenters. The Labute approximate surface area is 358 Å². The lowest BCUT2D eigenvalue weighted by Crippen LogP contribution is -2.80. The van der Waals surface area contributed by atoms with Crippen LogP contribution in [-0.2, 0) is 42.8 Å². The largest absolute Gasteiger partial charge is 0.456 e. The van der Waals surface area contributed by atoms with Crippen LogP contribution in [0, 0.1) is 28.6 Å². The fourth-order valence-electron chi connectivity index (χ4n) is 11.5. The van der Waals surface area contributed by atoms with E-state index in [9.17, 15) is 24.3 Å². The Bertz CT molecular complexity index is 2130. The summed E-state index contributed by atoms with van der Waals surface area (Å²) in [7, 11) is 0. The standard InChI is InChI=1S/C48H61NO12/c1-26-23-33-47(25-56-33,59-29(4)50)37-39(58-40(52)31-21-17-14-18-22-31)48(55)24-32(27(2)34(44(48,8)9)28(3)38(51)46(26,37)12)57-41(53)36-35(30-19-15-13-16-20-30)49(45(10,11)60-36)42(54)61-43(5,6)7/h13-22,26,28,32-33,35-37,39,55H,23-25H2,1-12H3/t26-,28+,32-,33+,35+,36+,37?,39-,46+,47-,48+/m0/s1. The third-order valence-electron chi connectivity index (χ3n) is 14.5. The van der Waals surface area contributed by atoms with Crippen LogP contribution in [0.1, 0.15) is 118 Å². The smallest absolute Gasteiger partial charge is 0.413 e. The van der Waals surface area contributed by atoms with Gasteiger partial charge in [0, 0.05) is 30.1 Å². The SMILES string of the molecule is CC(=O)O[C@@]12CO[C@@H]1C[C@H](C)[C@@]1(C)C(=O)[C@H](C)C3=C(C)[C@@H](OC(=O)[C@@H]4OC(C)(C)N(C(=O)OC(C)(C)C)[C@@H]4c4ccccc4)C[C@@](O)([C@@H](OC(=O)c4ccccc4)C12)C3(C)C. The first kappa shape index (κ1) is 44.5. The summed E-state index contributed by atoms with van der Waals surface area (Å²) in [6.45, 7) is 20.8. The molecule has 7 rings (SSSR count). The number of ketones is 1. The maximum absolute atomic E-state index is 15.5. The van der Waals surface area contributed by atoms with Crippen LogP contribution in [0.25, 0.3) is 0 Å². The Balaban J connectivity index is 1.37. The highest BCUT2D eigenvalue weighted by atomic mass is 16.6. The van der Waals surface area contributed by atoms with Gasteiger partial charge in [0.25, 0.3) is 0 Å². The van der Waals surface area contributed by atoms with E-state index in [1.807, 2.05) is 33.8 Å². The lowest BCUT2D eigenvalue weighted by molar-refractivity contribution is -0.339. The Hall–Kier alpha value is -4.59. The molecule has 2 aromatic carbocycles. The molecule has 5 aliphatic rings. The second kappa shape index (κ2) is 15.0. The summed E-state index contributed by atoms with van der Waals surface area (Å²) in [4.78, 5) is 73.1. The lowest BCUT2D eigenvalue weighted by atomic mass is 9.42. The fraction of sp³-hybridized carbons (Fsp3) is 0.604. The van der Waals surface area contributed by atoms with Crippen LogP contribution in [0.5, 0.6) is 0 Å². The average molecular weight is 844 g/mol. The number of esters is 3. The molecule has 0 aromatic heterocycles. The van der Waals surface area contributed by atoms with Gasteiger partial charge in [-0.3, -0.25) is 14.5 Å². The molecule has 2 aliphatic heterocycles. The molecule has 4 fully saturated rings. The third kappa shape index (κ3) is 6.99. The third-order valence-corrected chi connectivity index (χ3v) is 14.5. The maximum atomic E-state index is 15.5. The first-order valence-electron chi connectivity index (χ1n) is 21.3. The molecule has 2 saturated heterocycles. The number of Topliss-reactive ketones (excluding diaryl/α,β-unsaturated/α-hetero) is 1. The van der Waals surface area contributed by atoms with Crippen molar-refractivity contribution in [2.75, 3.05) is 6.61 Å². The van der Waals surface area contributed by atoms with Gasteiger partial charge in [-0.05, 0) is 82.7 Å². The number of hydrogen-bond acceptors (Lipinski definition) is 12. The summed E-state index contributed by atoms with van der Waals surface area (Å²) in [5.41, 5.74) is -6.29. The number of aliphatic hydroxyl groups is 1. The number of hydrogen-bond donors (Lipinski definition) is 1. The van der Waals surface area contributed by atoms with E-state index in [4.69, 9.17) is 28.4 Å². The zero-order valence-electron chi connectivity index (χ0n) is 37.4. The Kier molecular flexibility index (Phi) is 11.0. The highest BCUT2D eigenvalue weighted by molar-refractivity contribution is 5.92. The van der Waals surface area contributed by atoms with Gasteiger partial charge in [-0.2, -0.15) is 0 Å². The molecule has 13 nitrogen and oxygen atoms in total. The molecule has 1 amide bonds. The van der Waals surface area contributed by atoms with Crippen molar-refractivity contribution in [1.29, 1.82) is 0 Å². The van der Waals surface area contributed by atoms with E-state index in [1.54, 1.807) is 103 Å². The van der Waals surface area contributed by atoms with Crippen LogP contribution < -0.4 is 0 Å². The Morgan fingerprint density at radius 2 is 1.51 bits per heavy atom. The quantitative estimate of drug-likeness (QED) is 0.176. The summed E-state index contributed by atoms with van der Waals surface area (Å²) >= 11 is 0. The van der Waals surface area contributed by atoms with Crippen LogP contribution in [0.2, 0.25) is 0 Å². The first-order valence-corrected chi connectivity index (χ1v) is 21.3. The zero-order chi connectivity index (χ0) is 44.8. The van der Waals surface area contributed by atoms with Crippen LogP contribution in [-0.4, -0.2) is 93.3 Å². The highest BCUT2D eigenvalue weighted by Gasteiger charge is 2.77. The molecule has 2 bridgehead atoms. The summed E-state index contributed by atoms with van der Waals surface area (Å²) in [5.74, 6) is -4.61. The Morgan fingerprint density at radius 3 is 2.07 bits per heavy atom. The van der Waals surface area contributed by atoms with Gasteiger partial charge >= 0.3 is 24.0 Å². The number of ether oxygens (including phenoxy) is 6. The van der Waals surface area contributed by atoms with E-state index in [0.29, 0.717) is 23.1 Å². The van der Waals surface area contributed by atoms with Crippen molar-refractivity contribution >= 4 is 29.8 Å². The summed E-state index contributed by atoms with van der Waals surface area (Å²) < 4.78 is 37.7. The van der Waals surface area contributed by atoms with E-state index in [2.05, 4.69) is 0 Å². The first-order chi connectivity index (χ1) is 28.3. The minimum Gasteiger partial charge on any atom is -0.456 e. The molecule has 2 saturated carbocycles. The molecule has 1 unspecified atom stereocenters. The number of rotatable bonds is 6. The maximum Gasteiger partial charge on any atom is 0.413 e. The normalized spacial score (nSPS) is 36.3. The topological polar surface area (TPSA) is 164 Å². The van der Waals surface area contributed by atoms with Crippen molar-refractivity contribution in [3.63, 3.8) is 0 Å². The lowest BCUT2D eigenvalue weighted by Gasteiger charge is -2.68. The fourth-order valence-corrected chi connectivity index (χ4v) is 11.5. The van der Waals surface area contributed by atoms with Gasteiger partial charge in [-0.25, -0.2) is 14.4 Å². The predicted octanol–water partition coefficient (Wildman–Crippen LogP) is 7.30. The van der Waals surface area contributed by atoms with Crippen LogP contribution in [0.3, 0.4) is 0 Å². The molecular formula is C48H61NO12. The van der Waals surface area contributed by atoms with Crippen molar-refractivity contribution in [1.82, 2.24) is 4.90 Å². The second-order valence-electron chi connectivity index (χ2n) is 20.0. The molecular weight excluding hydrogens is 783 g/mol. The van der Waals surface area contributed by atoms with E-state index in [-0.39, 0.29) is 30.3 Å². The second-order valence-corrected chi connectivity index (χ2v) is 20.0. The van der Waals surface area contributed by atoms with E-state index < -0.39 is 99.7 Å². The minimum atomic E-state index is -2.04. The molecule has 0 spiro atoms.